The van der Waals surface area contributed by atoms with Crippen LogP contribution in [0, 0.1) is 0 Å². The third-order valence-electron chi connectivity index (χ3n) is 5.02. The number of nitrogens with one attached hydrogen (secondary N) is 1. The first kappa shape index (κ1) is 28.0. The number of nitrogens with zero attached hydrogens (tertiary/aromatic N) is 1. The van der Waals surface area contributed by atoms with Crippen molar-refractivity contribution in [1.29, 1.82) is 0 Å². The highest BCUT2D eigenvalue weighted by Gasteiger charge is 2.30. The van der Waals surface area contributed by atoms with Crippen LogP contribution in [-0.4, -0.2) is 65.8 Å². The van der Waals surface area contributed by atoms with Crippen LogP contribution in [0.25, 0.3) is 0 Å². The van der Waals surface area contributed by atoms with E-state index in [1.165, 1.54) is 0 Å². The van der Waals surface area contributed by atoms with Crippen molar-refractivity contribution < 1.29 is 34.1 Å². The summed E-state index contributed by atoms with van der Waals surface area (Å²) in [5.41, 5.74) is 0.764. The minimum Gasteiger partial charge on any atom is -0.493 e. The molecule has 0 bridgehead atoms. The van der Waals surface area contributed by atoms with Gasteiger partial charge in [0.15, 0.2) is 11.5 Å². The topological polar surface area (TPSA) is 125 Å². The van der Waals surface area contributed by atoms with Crippen molar-refractivity contribution in [2.24, 2.45) is 0 Å². The molecule has 0 saturated carbocycles. The molecular weight excluding hydrogens is 428 g/mol. The average molecular weight is 465 g/mol. The zero-order valence-corrected chi connectivity index (χ0v) is 19.7. The number of amides is 1. The Morgan fingerprint density at radius 3 is 2.33 bits per heavy atom. The second-order valence-electron chi connectivity index (χ2n) is 7.61. The van der Waals surface area contributed by atoms with E-state index >= 15 is 0 Å². The molecule has 0 radical (unpaired) electrons. The lowest BCUT2D eigenvalue weighted by Crippen LogP contribution is -2.40. The van der Waals surface area contributed by atoms with Gasteiger partial charge in [-0.15, -0.1) is 0 Å². The minimum absolute atomic E-state index is 0.0156. The summed E-state index contributed by atoms with van der Waals surface area (Å²) in [5, 5.41) is 18.7. The van der Waals surface area contributed by atoms with Crippen LogP contribution in [0.1, 0.15) is 52.4 Å². The maximum atomic E-state index is 12.7. The van der Waals surface area contributed by atoms with Crippen LogP contribution in [0.4, 0.5) is 5.69 Å². The molecule has 0 aliphatic carbocycles. The zero-order valence-electron chi connectivity index (χ0n) is 19.7. The van der Waals surface area contributed by atoms with E-state index in [0.29, 0.717) is 30.3 Å². The lowest BCUT2D eigenvalue weighted by molar-refractivity contribution is -0.134. The Balaban J connectivity index is 0.000000582. The van der Waals surface area contributed by atoms with Gasteiger partial charge in [-0.3, -0.25) is 9.69 Å². The van der Waals surface area contributed by atoms with Crippen LogP contribution in [0.15, 0.2) is 30.4 Å². The second-order valence-corrected chi connectivity index (χ2v) is 7.61. The number of ether oxygens (including phenoxy) is 2. The smallest absolute Gasteiger partial charge is 0.328 e. The zero-order chi connectivity index (χ0) is 24.6. The molecule has 1 aliphatic rings. The SMILES string of the molecule is CCCCOc1cc(NC(=O)C2CCCN2CCCC)ccc1OC.O=C(O)/C=C/C(=O)O. The number of benzene rings is 1. The number of carbonyl (C=O) groups excluding carboxylic acids is 1. The van der Waals surface area contributed by atoms with Crippen molar-refractivity contribution in [3.8, 4) is 11.5 Å². The first-order valence-corrected chi connectivity index (χ1v) is 11.3. The van der Waals surface area contributed by atoms with Gasteiger partial charge in [0.05, 0.1) is 19.8 Å². The fourth-order valence-electron chi connectivity index (χ4n) is 3.31. The van der Waals surface area contributed by atoms with E-state index in [2.05, 4.69) is 24.1 Å². The molecule has 1 amide bonds. The predicted molar refractivity (Wildman–Crippen MR) is 126 cm³/mol. The van der Waals surface area contributed by atoms with E-state index in [4.69, 9.17) is 19.7 Å². The number of hydrogen-bond donors (Lipinski definition) is 3. The standard InChI is InChI=1S/C20H32N2O3.C4H4O4/c1-4-6-12-22-13-8-9-17(22)20(23)21-16-10-11-18(24-3)19(15-16)25-14-7-5-2;5-3(6)1-2-4(7)8/h10-11,15,17H,4-9,12-14H2,1-3H3,(H,21,23);1-2H,(H,5,6)(H,7,8)/b;2-1+. The molecule has 9 nitrogen and oxygen atoms in total. The van der Waals surface area contributed by atoms with Crippen molar-refractivity contribution in [2.75, 3.05) is 32.1 Å². The van der Waals surface area contributed by atoms with Gasteiger partial charge >= 0.3 is 11.9 Å². The summed E-state index contributed by atoms with van der Waals surface area (Å²) in [6.07, 6.45) is 7.51. The van der Waals surface area contributed by atoms with Gasteiger partial charge in [-0.1, -0.05) is 26.7 Å². The fraction of sp³-hybridized carbons (Fsp3) is 0.542. The molecule has 2 rings (SSSR count). The number of anilines is 1. The molecule has 0 aromatic heterocycles. The number of rotatable bonds is 12. The molecule has 1 aromatic rings. The number of hydrogen-bond acceptors (Lipinski definition) is 6. The fourth-order valence-corrected chi connectivity index (χ4v) is 3.31. The minimum atomic E-state index is -1.26. The lowest BCUT2D eigenvalue weighted by atomic mass is 10.2. The quantitative estimate of drug-likeness (QED) is 0.315. The molecule has 9 heteroatoms. The van der Waals surface area contributed by atoms with Crippen LogP contribution >= 0.6 is 0 Å². The first-order valence-electron chi connectivity index (χ1n) is 11.3. The predicted octanol–water partition coefficient (Wildman–Crippen LogP) is 3.79. The Bertz CT molecular complexity index is 779. The molecular formula is C24H36N2O7. The van der Waals surface area contributed by atoms with Gasteiger partial charge in [0.2, 0.25) is 5.91 Å². The molecule has 1 heterocycles. The van der Waals surface area contributed by atoms with E-state index in [1.807, 2.05) is 18.2 Å². The van der Waals surface area contributed by atoms with Crippen molar-refractivity contribution in [3.05, 3.63) is 30.4 Å². The van der Waals surface area contributed by atoms with Crippen molar-refractivity contribution in [3.63, 3.8) is 0 Å². The summed E-state index contributed by atoms with van der Waals surface area (Å²) in [5.74, 6) is -1.05. The Hall–Kier alpha value is -3.07. The molecule has 1 fully saturated rings. The molecule has 1 aromatic carbocycles. The Labute approximate surface area is 195 Å². The Morgan fingerprint density at radius 2 is 1.76 bits per heavy atom. The van der Waals surface area contributed by atoms with Crippen LogP contribution < -0.4 is 14.8 Å². The number of aliphatic carboxylic acids is 2. The number of likely N-dealkylation sites (tertiary alicyclic amines) is 1. The van der Waals surface area contributed by atoms with Crippen molar-refractivity contribution in [2.45, 2.75) is 58.4 Å². The lowest BCUT2D eigenvalue weighted by Gasteiger charge is -2.23. The van der Waals surface area contributed by atoms with Gasteiger partial charge in [-0.2, -0.15) is 0 Å². The summed E-state index contributed by atoms with van der Waals surface area (Å²) in [4.78, 5) is 34.1. The molecule has 1 saturated heterocycles. The second kappa shape index (κ2) is 15.7. The highest BCUT2D eigenvalue weighted by atomic mass is 16.5. The Morgan fingerprint density at radius 1 is 1.09 bits per heavy atom. The highest BCUT2D eigenvalue weighted by Crippen LogP contribution is 2.31. The van der Waals surface area contributed by atoms with E-state index in [-0.39, 0.29) is 11.9 Å². The van der Waals surface area contributed by atoms with Gasteiger partial charge in [0.25, 0.3) is 0 Å². The first-order chi connectivity index (χ1) is 15.8. The molecule has 1 unspecified atom stereocenters. The summed E-state index contributed by atoms with van der Waals surface area (Å²) < 4.78 is 11.2. The van der Waals surface area contributed by atoms with Gasteiger partial charge in [0, 0.05) is 23.9 Å². The molecule has 0 spiro atoms. The molecule has 1 aliphatic heterocycles. The number of carboxylic acids is 2. The van der Waals surface area contributed by atoms with Gasteiger partial charge in [-0.05, 0) is 50.9 Å². The van der Waals surface area contributed by atoms with Crippen molar-refractivity contribution >= 4 is 23.5 Å². The summed E-state index contributed by atoms with van der Waals surface area (Å²) in [7, 11) is 1.63. The van der Waals surface area contributed by atoms with E-state index < -0.39 is 11.9 Å². The van der Waals surface area contributed by atoms with E-state index in [9.17, 15) is 14.4 Å². The average Bonchev–Trinajstić information content (AvgIpc) is 3.26. The number of carboxylic acid groups (broad SMARTS) is 2. The van der Waals surface area contributed by atoms with Crippen LogP contribution in [0.5, 0.6) is 11.5 Å². The number of carbonyl (C=O) groups is 3. The number of unbranched alkanes of at least 4 members (excludes halogenated alkanes) is 2. The summed E-state index contributed by atoms with van der Waals surface area (Å²) >= 11 is 0. The van der Waals surface area contributed by atoms with Gasteiger partial charge < -0.3 is 25.0 Å². The third-order valence-corrected chi connectivity index (χ3v) is 5.02. The van der Waals surface area contributed by atoms with E-state index in [0.717, 1.165) is 57.3 Å². The molecule has 184 valence electrons. The van der Waals surface area contributed by atoms with Crippen molar-refractivity contribution in [1.82, 2.24) is 4.90 Å². The van der Waals surface area contributed by atoms with E-state index in [1.54, 1.807) is 7.11 Å². The summed E-state index contributed by atoms with van der Waals surface area (Å²) in [6, 6.07) is 5.56. The molecule has 33 heavy (non-hydrogen) atoms. The summed E-state index contributed by atoms with van der Waals surface area (Å²) in [6.45, 7) is 6.98. The van der Waals surface area contributed by atoms with Crippen LogP contribution in [0.2, 0.25) is 0 Å². The van der Waals surface area contributed by atoms with Crippen LogP contribution in [0.3, 0.4) is 0 Å². The monoisotopic (exact) mass is 464 g/mol. The van der Waals surface area contributed by atoms with Gasteiger partial charge in [-0.25, -0.2) is 9.59 Å². The highest BCUT2D eigenvalue weighted by molar-refractivity contribution is 5.95. The third kappa shape index (κ3) is 10.9. The molecule has 3 N–H and O–H groups in total. The van der Waals surface area contributed by atoms with Gasteiger partial charge in [0.1, 0.15) is 0 Å². The number of methoxy groups -OCH3 is 1. The van der Waals surface area contributed by atoms with Crippen LogP contribution in [-0.2, 0) is 14.4 Å². The Kier molecular flexibility index (Phi) is 13.3. The maximum absolute atomic E-state index is 12.7. The normalized spacial score (nSPS) is 15.5. The largest absolute Gasteiger partial charge is 0.493 e. The maximum Gasteiger partial charge on any atom is 0.328 e. The molecule has 1 atom stereocenters.